The second-order valence-electron chi connectivity index (χ2n) is 4.88. The van der Waals surface area contributed by atoms with Crippen molar-refractivity contribution in [1.29, 1.82) is 0 Å². The first-order chi connectivity index (χ1) is 4.90. The van der Waals surface area contributed by atoms with Gasteiger partial charge in [-0.05, 0) is 62.2 Å². The molecule has 4 aliphatic carbocycles. The van der Waals surface area contributed by atoms with Gasteiger partial charge in [0.1, 0.15) is 0 Å². The first kappa shape index (κ1) is 8.23. The van der Waals surface area contributed by atoms with Gasteiger partial charge in [0.25, 0.3) is 0 Å². The van der Waals surface area contributed by atoms with E-state index in [1.807, 2.05) is 0 Å². The van der Waals surface area contributed by atoms with Crippen LogP contribution in [-0.2, 0) is 19.5 Å². The number of hydrogen-bond acceptors (Lipinski definition) is 0. The maximum atomic E-state index is 1.60. The Morgan fingerprint density at radius 1 is 0.455 bits per heavy atom. The third kappa shape index (κ3) is 1.30. The smallest absolute Gasteiger partial charge is 0 e. The van der Waals surface area contributed by atoms with E-state index in [0.717, 1.165) is 0 Å². The number of hydrogen-bond donors (Lipinski definition) is 0. The number of rotatable bonds is 0. The maximum Gasteiger partial charge on any atom is 0 e. The Balaban J connectivity index is 0.000000480. The van der Waals surface area contributed by atoms with Gasteiger partial charge in [-0.1, -0.05) is 0 Å². The van der Waals surface area contributed by atoms with Gasteiger partial charge in [0, 0.05) is 19.5 Å². The molecule has 0 saturated heterocycles. The van der Waals surface area contributed by atoms with Crippen molar-refractivity contribution in [1.82, 2.24) is 0 Å². The Labute approximate surface area is 81.9 Å². The summed E-state index contributed by atoms with van der Waals surface area (Å²) in [7, 11) is 0. The topological polar surface area (TPSA) is 0 Å². The molecule has 1 heteroatoms. The minimum atomic E-state index is 0. The molecule has 0 aliphatic heterocycles. The molecular formula is C10H16Zn. The summed E-state index contributed by atoms with van der Waals surface area (Å²) < 4.78 is 0. The van der Waals surface area contributed by atoms with Crippen molar-refractivity contribution in [2.75, 3.05) is 0 Å². The Hall–Kier alpha value is 0.623. The van der Waals surface area contributed by atoms with Gasteiger partial charge in [-0.25, -0.2) is 0 Å². The second-order valence-corrected chi connectivity index (χ2v) is 4.88. The van der Waals surface area contributed by atoms with Crippen molar-refractivity contribution in [3.63, 3.8) is 0 Å². The summed E-state index contributed by atoms with van der Waals surface area (Å²) in [5.41, 5.74) is 0. The summed E-state index contributed by atoms with van der Waals surface area (Å²) in [6.07, 6.45) is 9.62. The van der Waals surface area contributed by atoms with Gasteiger partial charge in [-0.2, -0.15) is 0 Å². The quantitative estimate of drug-likeness (QED) is 0.529. The van der Waals surface area contributed by atoms with E-state index < -0.39 is 0 Å². The zero-order valence-corrected chi connectivity index (χ0v) is 10.2. The van der Waals surface area contributed by atoms with Gasteiger partial charge in [0.15, 0.2) is 0 Å². The standard InChI is InChI=1S/C10H16.Zn/c1-7-2-9-4-8(1)5-10(3-7)6-9;/h7-10H,1-6H2;. The largest absolute Gasteiger partial charge is 0.0475 e. The van der Waals surface area contributed by atoms with Crippen LogP contribution < -0.4 is 0 Å². The molecule has 0 atom stereocenters. The molecule has 0 aromatic heterocycles. The van der Waals surface area contributed by atoms with E-state index in [0.29, 0.717) is 0 Å². The molecular weight excluding hydrogens is 185 g/mol. The molecule has 4 rings (SSSR count). The van der Waals surface area contributed by atoms with Crippen LogP contribution in [0.3, 0.4) is 0 Å². The van der Waals surface area contributed by atoms with Crippen LogP contribution in [-0.4, -0.2) is 0 Å². The summed E-state index contributed by atoms with van der Waals surface area (Å²) in [6.45, 7) is 0. The molecule has 0 spiro atoms. The zero-order valence-electron chi connectivity index (χ0n) is 7.26. The average Bonchev–Trinajstić information content (AvgIpc) is 1.82. The molecule has 0 N–H and O–H groups in total. The van der Waals surface area contributed by atoms with E-state index in [9.17, 15) is 0 Å². The van der Waals surface area contributed by atoms with E-state index >= 15 is 0 Å². The van der Waals surface area contributed by atoms with Gasteiger partial charge in [0.05, 0.1) is 0 Å². The van der Waals surface area contributed by atoms with Crippen molar-refractivity contribution in [2.24, 2.45) is 23.7 Å². The first-order valence-electron chi connectivity index (χ1n) is 4.90. The minimum Gasteiger partial charge on any atom is -0.0475 e. The molecule has 4 saturated carbocycles. The van der Waals surface area contributed by atoms with E-state index in [4.69, 9.17) is 0 Å². The van der Waals surface area contributed by atoms with Gasteiger partial charge < -0.3 is 0 Å². The van der Waals surface area contributed by atoms with E-state index in [1.165, 1.54) is 23.7 Å². The molecule has 0 radical (unpaired) electrons. The summed E-state index contributed by atoms with van der Waals surface area (Å²) in [5, 5.41) is 0. The van der Waals surface area contributed by atoms with Gasteiger partial charge in [-0.15, -0.1) is 0 Å². The van der Waals surface area contributed by atoms with Crippen molar-refractivity contribution in [3.05, 3.63) is 0 Å². The van der Waals surface area contributed by atoms with Crippen LogP contribution in [0.25, 0.3) is 0 Å². The zero-order chi connectivity index (χ0) is 6.55. The minimum absolute atomic E-state index is 0. The van der Waals surface area contributed by atoms with Crippen LogP contribution >= 0.6 is 0 Å². The van der Waals surface area contributed by atoms with Crippen molar-refractivity contribution >= 4 is 0 Å². The Kier molecular flexibility index (Phi) is 2.12. The van der Waals surface area contributed by atoms with Crippen LogP contribution in [0.5, 0.6) is 0 Å². The maximum absolute atomic E-state index is 1.60. The second kappa shape index (κ2) is 2.84. The predicted octanol–water partition coefficient (Wildman–Crippen LogP) is 2.83. The molecule has 0 amide bonds. The van der Waals surface area contributed by atoms with E-state index in [-0.39, 0.29) is 19.5 Å². The third-order valence-corrected chi connectivity index (χ3v) is 4.00. The van der Waals surface area contributed by atoms with Crippen molar-refractivity contribution in [2.45, 2.75) is 38.5 Å². The van der Waals surface area contributed by atoms with E-state index in [2.05, 4.69) is 0 Å². The first-order valence-corrected chi connectivity index (χ1v) is 4.90. The summed E-state index contributed by atoms with van der Waals surface area (Å²) >= 11 is 0. The molecule has 4 aliphatic rings. The van der Waals surface area contributed by atoms with Crippen LogP contribution in [0.15, 0.2) is 0 Å². The molecule has 58 valence electrons. The fraction of sp³-hybridized carbons (Fsp3) is 1.00. The molecule has 0 nitrogen and oxygen atoms in total. The van der Waals surface area contributed by atoms with Gasteiger partial charge in [0.2, 0.25) is 0 Å². The third-order valence-electron chi connectivity index (χ3n) is 4.00. The molecule has 11 heavy (non-hydrogen) atoms. The van der Waals surface area contributed by atoms with Crippen molar-refractivity contribution in [3.8, 4) is 0 Å². The van der Waals surface area contributed by atoms with Crippen LogP contribution in [0, 0.1) is 23.7 Å². The molecule has 0 heterocycles. The SMILES string of the molecule is C1C2CC3CC1CC(C2)C3.[Zn]. The summed E-state index contributed by atoms with van der Waals surface area (Å²) in [5.74, 6) is 4.71. The summed E-state index contributed by atoms with van der Waals surface area (Å²) in [6, 6.07) is 0. The fourth-order valence-electron chi connectivity index (χ4n) is 3.98. The van der Waals surface area contributed by atoms with Gasteiger partial charge >= 0.3 is 0 Å². The molecule has 4 bridgehead atoms. The summed E-state index contributed by atoms with van der Waals surface area (Å²) in [4.78, 5) is 0. The van der Waals surface area contributed by atoms with Crippen molar-refractivity contribution < 1.29 is 19.5 Å². The Bertz CT molecular complexity index is 96.4. The molecule has 4 fully saturated rings. The van der Waals surface area contributed by atoms with Crippen LogP contribution in [0.2, 0.25) is 0 Å². The van der Waals surface area contributed by atoms with E-state index in [1.54, 1.807) is 38.5 Å². The Morgan fingerprint density at radius 2 is 0.636 bits per heavy atom. The molecule has 0 aromatic rings. The molecule has 0 aromatic carbocycles. The Morgan fingerprint density at radius 3 is 0.818 bits per heavy atom. The van der Waals surface area contributed by atoms with Crippen LogP contribution in [0.1, 0.15) is 38.5 Å². The predicted molar refractivity (Wildman–Crippen MR) is 41.7 cm³/mol. The fourth-order valence-corrected chi connectivity index (χ4v) is 3.98. The average molecular weight is 202 g/mol. The molecule has 0 unspecified atom stereocenters. The normalized spacial score (nSPS) is 52.4. The monoisotopic (exact) mass is 200 g/mol. The van der Waals surface area contributed by atoms with Crippen LogP contribution in [0.4, 0.5) is 0 Å². The van der Waals surface area contributed by atoms with Gasteiger partial charge in [-0.3, -0.25) is 0 Å².